The van der Waals surface area contributed by atoms with Crippen molar-refractivity contribution in [2.75, 3.05) is 7.05 Å². The van der Waals surface area contributed by atoms with E-state index < -0.39 is 6.61 Å². The van der Waals surface area contributed by atoms with Gasteiger partial charge in [-0.2, -0.15) is 13.9 Å². The van der Waals surface area contributed by atoms with Gasteiger partial charge < -0.3 is 9.64 Å². The number of alkyl halides is 2. The molecular formula is C18H17F2N3O2. The van der Waals surface area contributed by atoms with Crippen LogP contribution in [0.5, 0.6) is 5.75 Å². The highest BCUT2D eigenvalue weighted by Crippen LogP contribution is 2.18. The lowest BCUT2D eigenvalue weighted by atomic mass is 10.1. The smallest absolute Gasteiger partial charge is 0.387 e. The molecule has 0 atom stereocenters. The molecule has 0 spiro atoms. The summed E-state index contributed by atoms with van der Waals surface area (Å²) >= 11 is 0. The molecule has 0 unspecified atom stereocenters. The number of likely N-dealkylation sites (N-methyl/N-ethyl adjacent to an activating group) is 1. The largest absolute Gasteiger partial charge is 0.435 e. The highest BCUT2D eigenvalue weighted by atomic mass is 19.3. The number of para-hydroxylation sites is 1. The van der Waals surface area contributed by atoms with Crippen LogP contribution in [-0.4, -0.2) is 34.7 Å². The summed E-state index contributed by atoms with van der Waals surface area (Å²) in [6.45, 7) is -2.58. The fourth-order valence-corrected chi connectivity index (χ4v) is 2.62. The van der Waals surface area contributed by atoms with E-state index >= 15 is 0 Å². The molecule has 3 rings (SSSR count). The van der Waals surface area contributed by atoms with E-state index in [2.05, 4.69) is 14.9 Å². The number of halogens is 2. The van der Waals surface area contributed by atoms with Crippen LogP contribution in [0.15, 0.2) is 48.5 Å². The molecule has 0 fully saturated rings. The minimum Gasteiger partial charge on any atom is -0.435 e. The Balaban J connectivity index is 1.66. The first kappa shape index (κ1) is 16.9. The maximum atomic E-state index is 12.4. The van der Waals surface area contributed by atoms with Crippen molar-refractivity contribution < 1.29 is 18.3 Å². The standard InChI is InChI=1S/C18H17F2N3O2/c1-23(11-12-5-4-6-13(9-12)25-18(19)20)17(24)10-16-14-7-2-3-8-15(14)21-22-16/h2-9,18H,10-11H2,1H3,(H,21,22). The third kappa shape index (κ3) is 4.12. The fourth-order valence-electron chi connectivity index (χ4n) is 2.62. The molecule has 25 heavy (non-hydrogen) atoms. The van der Waals surface area contributed by atoms with E-state index in [0.29, 0.717) is 12.1 Å². The van der Waals surface area contributed by atoms with E-state index in [1.54, 1.807) is 19.2 Å². The molecule has 0 aliphatic rings. The zero-order valence-corrected chi connectivity index (χ0v) is 13.6. The van der Waals surface area contributed by atoms with Crippen LogP contribution in [0.2, 0.25) is 0 Å². The first-order valence-corrected chi connectivity index (χ1v) is 7.72. The van der Waals surface area contributed by atoms with Gasteiger partial charge in [0.2, 0.25) is 5.91 Å². The van der Waals surface area contributed by atoms with Crippen molar-refractivity contribution in [2.24, 2.45) is 0 Å². The van der Waals surface area contributed by atoms with Gasteiger partial charge in [0.1, 0.15) is 5.75 Å². The van der Waals surface area contributed by atoms with Gasteiger partial charge in [-0.3, -0.25) is 9.89 Å². The first-order valence-electron chi connectivity index (χ1n) is 7.72. The number of nitrogens with one attached hydrogen (secondary N) is 1. The van der Waals surface area contributed by atoms with Gasteiger partial charge in [0.15, 0.2) is 0 Å². The molecule has 0 saturated carbocycles. The van der Waals surface area contributed by atoms with E-state index in [0.717, 1.165) is 16.6 Å². The number of carbonyl (C=O) groups excluding carboxylic acids is 1. The van der Waals surface area contributed by atoms with Gasteiger partial charge in [0, 0.05) is 19.0 Å². The third-order valence-electron chi connectivity index (χ3n) is 3.84. The lowest BCUT2D eigenvalue weighted by Crippen LogP contribution is -2.27. The normalized spacial score (nSPS) is 11.0. The second-order valence-corrected chi connectivity index (χ2v) is 5.67. The predicted octanol–water partition coefficient (Wildman–Crippen LogP) is 3.37. The summed E-state index contributed by atoms with van der Waals surface area (Å²) in [6.07, 6.45) is 0.185. The summed E-state index contributed by atoms with van der Waals surface area (Å²) in [5.41, 5.74) is 2.27. The maximum absolute atomic E-state index is 12.4. The van der Waals surface area contributed by atoms with Crippen molar-refractivity contribution in [2.45, 2.75) is 19.6 Å². The average molecular weight is 345 g/mol. The molecule has 2 aromatic carbocycles. The van der Waals surface area contributed by atoms with Crippen LogP contribution in [-0.2, 0) is 17.8 Å². The maximum Gasteiger partial charge on any atom is 0.387 e. The van der Waals surface area contributed by atoms with E-state index in [1.165, 1.54) is 17.0 Å². The van der Waals surface area contributed by atoms with Crippen molar-refractivity contribution in [3.63, 3.8) is 0 Å². The molecule has 5 nitrogen and oxygen atoms in total. The van der Waals surface area contributed by atoms with E-state index in [4.69, 9.17) is 0 Å². The van der Waals surface area contributed by atoms with Gasteiger partial charge in [0.25, 0.3) is 0 Å². The van der Waals surface area contributed by atoms with Gasteiger partial charge in [-0.1, -0.05) is 30.3 Å². The number of hydrogen-bond donors (Lipinski definition) is 1. The van der Waals surface area contributed by atoms with Crippen LogP contribution < -0.4 is 4.74 Å². The SMILES string of the molecule is CN(Cc1cccc(OC(F)F)c1)C(=O)Cc1[nH]nc2ccccc12. The molecule has 0 aliphatic heterocycles. The molecule has 0 aliphatic carbocycles. The second kappa shape index (κ2) is 7.29. The molecule has 1 N–H and O–H groups in total. The molecule has 7 heteroatoms. The van der Waals surface area contributed by atoms with Gasteiger partial charge in [-0.25, -0.2) is 0 Å². The van der Waals surface area contributed by atoms with Gasteiger partial charge in [0.05, 0.1) is 17.6 Å². The number of hydrogen-bond acceptors (Lipinski definition) is 3. The van der Waals surface area contributed by atoms with Crippen molar-refractivity contribution in [3.8, 4) is 5.75 Å². The van der Waals surface area contributed by atoms with E-state index in [1.807, 2.05) is 24.3 Å². The Kier molecular flexibility index (Phi) is 4.92. The first-order chi connectivity index (χ1) is 12.0. The fraction of sp³-hybridized carbons (Fsp3) is 0.222. The number of H-pyrrole nitrogens is 1. The highest BCUT2D eigenvalue weighted by molar-refractivity contribution is 5.87. The second-order valence-electron chi connectivity index (χ2n) is 5.67. The summed E-state index contributed by atoms with van der Waals surface area (Å²) in [4.78, 5) is 14.0. The minimum atomic E-state index is -2.87. The van der Waals surface area contributed by atoms with Crippen LogP contribution in [0.25, 0.3) is 10.9 Å². The Morgan fingerprint density at radius 1 is 1.24 bits per heavy atom. The summed E-state index contributed by atoms with van der Waals surface area (Å²) in [7, 11) is 1.67. The Bertz CT molecular complexity index is 879. The number of rotatable bonds is 6. The third-order valence-corrected chi connectivity index (χ3v) is 3.84. The monoisotopic (exact) mass is 345 g/mol. The minimum absolute atomic E-state index is 0.0768. The molecule has 3 aromatic rings. The van der Waals surface area contributed by atoms with Crippen LogP contribution in [0.1, 0.15) is 11.3 Å². The highest BCUT2D eigenvalue weighted by Gasteiger charge is 2.14. The number of nitrogens with zero attached hydrogens (tertiary/aromatic N) is 2. The van der Waals surface area contributed by atoms with E-state index in [9.17, 15) is 13.6 Å². The zero-order valence-electron chi connectivity index (χ0n) is 13.6. The number of amides is 1. The molecule has 0 radical (unpaired) electrons. The molecular weight excluding hydrogens is 328 g/mol. The summed E-state index contributed by atoms with van der Waals surface area (Å²) in [5.74, 6) is -0.0255. The molecule has 0 bridgehead atoms. The summed E-state index contributed by atoms with van der Waals surface area (Å²) in [6, 6.07) is 13.9. The average Bonchev–Trinajstić information content (AvgIpc) is 2.98. The number of ether oxygens (including phenoxy) is 1. The molecule has 1 amide bonds. The number of aromatic amines is 1. The lowest BCUT2D eigenvalue weighted by Gasteiger charge is -2.17. The van der Waals surface area contributed by atoms with Crippen molar-refractivity contribution in [3.05, 3.63) is 59.8 Å². The number of aromatic nitrogens is 2. The number of benzene rings is 2. The topological polar surface area (TPSA) is 58.2 Å². The van der Waals surface area contributed by atoms with Gasteiger partial charge >= 0.3 is 6.61 Å². The Morgan fingerprint density at radius 3 is 2.84 bits per heavy atom. The van der Waals surface area contributed by atoms with Crippen LogP contribution in [0, 0.1) is 0 Å². The van der Waals surface area contributed by atoms with Crippen LogP contribution in [0.3, 0.4) is 0 Å². The molecule has 0 saturated heterocycles. The zero-order chi connectivity index (χ0) is 17.8. The van der Waals surface area contributed by atoms with Gasteiger partial charge in [-0.05, 0) is 23.8 Å². The van der Waals surface area contributed by atoms with Crippen molar-refractivity contribution in [1.29, 1.82) is 0 Å². The van der Waals surface area contributed by atoms with Gasteiger partial charge in [-0.15, -0.1) is 0 Å². The number of fused-ring (bicyclic) bond motifs is 1. The summed E-state index contributed by atoms with van der Waals surface area (Å²) in [5, 5.41) is 7.98. The van der Waals surface area contributed by atoms with Crippen LogP contribution >= 0.6 is 0 Å². The Labute approximate surface area is 143 Å². The lowest BCUT2D eigenvalue weighted by molar-refractivity contribution is -0.129. The number of carbonyl (C=O) groups is 1. The summed E-state index contributed by atoms with van der Waals surface area (Å²) < 4.78 is 29.0. The Morgan fingerprint density at radius 2 is 2.04 bits per heavy atom. The molecule has 1 heterocycles. The Hall–Kier alpha value is -2.96. The predicted molar refractivity (Wildman–Crippen MR) is 89.3 cm³/mol. The molecule has 130 valence electrons. The van der Waals surface area contributed by atoms with Crippen LogP contribution in [0.4, 0.5) is 8.78 Å². The van der Waals surface area contributed by atoms with E-state index in [-0.39, 0.29) is 18.1 Å². The van der Waals surface area contributed by atoms with Crippen molar-refractivity contribution in [1.82, 2.24) is 15.1 Å². The molecule has 1 aromatic heterocycles. The van der Waals surface area contributed by atoms with Crippen molar-refractivity contribution >= 4 is 16.8 Å². The quantitative estimate of drug-likeness (QED) is 0.745.